The van der Waals surface area contributed by atoms with E-state index in [0.717, 1.165) is 53.2 Å². The Kier molecular flexibility index (Phi) is 8.15. The average molecular weight is 541 g/mol. The number of hydrogen-bond acceptors (Lipinski definition) is 7. The Morgan fingerprint density at radius 2 is 1.43 bits per heavy atom. The zero-order valence-electron chi connectivity index (χ0n) is 22.8. The normalized spacial score (nSPS) is 19.0. The molecule has 0 radical (unpaired) electrons. The van der Waals surface area contributed by atoms with Crippen LogP contribution < -0.4 is 14.2 Å². The van der Waals surface area contributed by atoms with Gasteiger partial charge in [-0.05, 0) is 90.6 Å². The van der Waals surface area contributed by atoms with Crippen molar-refractivity contribution in [2.75, 3.05) is 27.9 Å². The van der Waals surface area contributed by atoms with Gasteiger partial charge in [-0.25, -0.2) is 9.80 Å². The number of ether oxygens (including phenoxy) is 4. The van der Waals surface area contributed by atoms with Gasteiger partial charge in [-0.3, -0.25) is 4.79 Å². The first-order valence-electron chi connectivity index (χ1n) is 13.2. The molecule has 40 heavy (non-hydrogen) atoms. The summed E-state index contributed by atoms with van der Waals surface area (Å²) in [5.41, 5.74) is 4.33. The highest BCUT2D eigenvalue weighted by Crippen LogP contribution is 2.44. The number of hydrogen-bond donors (Lipinski definition) is 0. The number of nitrogens with zero attached hydrogens (tertiary/aromatic N) is 2. The minimum atomic E-state index is -0.582. The number of rotatable bonds is 8. The summed E-state index contributed by atoms with van der Waals surface area (Å²) in [4.78, 5) is 26.2. The predicted molar refractivity (Wildman–Crippen MR) is 152 cm³/mol. The van der Waals surface area contributed by atoms with Crippen LogP contribution in [0.25, 0.3) is 6.08 Å². The van der Waals surface area contributed by atoms with Gasteiger partial charge in [0, 0.05) is 5.92 Å². The minimum absolute atomic E-state index is 0.0212. The van der Waals surface area contributed by atoms with Crippen molar-refractivity contribution in [3.63, 3.8) is 0 Å². The molecule has 2 unspecified atom stereocenters. The molecule has 1 amide bonds. The van der Waals surface area contributed by atoms with Crippen LogP contribution in [0.4, 0.5) is 0 Å². The fourth-order valence-electron chi connectivity index (χ4n) is 5.25. The lowest BCUT2D eigenvalue weighted by Crippen LogP contribution is -2.34. The molecular formula is C32H32N2O6. The van der Waals surface area contributed by atoms with Crippen molar-refractivity contribution in [1.82, 2.24) is 5.01 Å². The Morgan fingerprint density at radius 3 is 2.02 bits per heavy atom. The molecule has 8 heteroatoms. The summed E-state index contributed by atoms with van der Waals surface area (Å²) in [5, 5.41) is 6.36. The second kappa shape index (κ2) is 12.1. The molecule has 0 bridgehead atoms. The second-order valence-electron chi connectivity index (χ2n) is 9.69. The van der Waals surface area contributed by atoms with Crippen LogP contribution in [0.5, 0.6) is 17.2 Å². The predicted octanol–water partition coefficient (Wildman–Crippen LogP) is 5.69. The quantitative estimate of drug-likeness (QED) is 0.341. The number of hydrazone groups is 1. The third-order valence-electron chi connectivity index (χ3n) is 7.32. The number of allylic oxidation sites excluding steroid dienone is 1. The molecule has 0 aromatic heterocycles. The van der Waals surface area contributed by atoms with Crippen molar-refractivity contribution in [3.05, 3.63) is 95.1 Å². The maximum absolute atomic E-state index is 13.5. The molecule has 2 aliphatic rings. The minimum Gasteiger partial charge on any atom is -0.497 e. The number of carbonyl (C=O) groups excluding carboxylic acids is 2. The molecule has 5 rings (SSSR count). The Morgan fingerprint density at radius 1 is 0.850 bits per heavy atom. The van der Waals surface area contributed by atoms with Crippen molar-refractivity contribution in [2.45, 2.75) is 25.3 Å². The van der Waals surface area contributed by atoms with Gasteiger partial charge in [0.25, 0.3) is 5.91 Å². The van der Waals surface area contributed by atoms with Crippen molar-refractivity contribution in [1.29, 1.82) is 0 Å². The molecule has 206 valence electrons. The molecule has 1 aliphatic heterocycles. The van der Waals surface area contributed by atoms with E-state index in [9.17, 15) is 9.59 Å². The molecule has 3 aromatic carbocycles. The van der Waals surface area contributed by atoms with E-state index in [1.54, 1.807) is 45.6 Å². The SMILES string of the molecule is COc1ccc(C=C2CCCC3C2=NN(C(=O)COC(=O)c2ccc(OC)cc2)C3c2ccc(OC)cc2)cc1. The maximum Gasteiger partial charge on any atom is 0.338 e. The topological polar surface area (TPSA) is 86.7 Å². The second-order valence-corrected chi connectivity index (χ2v) is 9.69. The van der Waals surface area contributed by atoms with E-state index in [1.807, 2.05) is 48.5 Å². The van der Waals surface area contributed by atoms with Gasteiger partial charge in [0.2, 0.25) is 0 Å². The molecule has 0 N–H and O–H groups in total. The van der Waals surface area contributed by atoms with Gasteiger partial charge >= 0.3 is 5.97 Å². The summed E-state index contributed by atoms with van der Waals surface area (Å²) >= 11 is 0. The molecular weight excluding hydrogens is 508 g/mol. The molecule has 1 saturated carbocycles. The van der Waals surface area contributed by atoms with Crippen LogP contribution in [-0.4, -0.2) is 50.5 Å². The fourth-order valence-corrected chi connectivity index (χ4v) is 5.25. The summed E-state index contributed by atoms with van der Waals surface area (Å²) in [7, 11) is 4.82. The lowest BCUT2D eigenvalue weighted by atomic mass is 9.77. The summed E-state index contributed by atoms with van der Waals surface area (Å²) in [6.07, 6.45) is 4.87. The van der Waals surface area contributed by atoms with Crippen LogP contribution in [0.3, 0.4) is 0 Å². The summed E-state index contributed by atoms with van der Waals surface area (Å²) < 4.78 is 21.2. The van der Waals surface area contributed by atoms with Crippen LogP contribution in [0.1, 0.15) is 46.8 Å². The Balaban J connectivity index is 1.41. The van der Waals surface area contributed by atoms with Crippen molar-refractivity contribution >= 4 is 23.7 Å². The number of fused-ring (bicyclic) bond motifs is 1. The number of esters is 1. The van der Waals surface area contributed by atoms with Crippen molar-refractivity contribution < 1.29 is 28.5 Å². The third-order valence-corrected chi connectivity index (χ3v) is 7.32. The van der Waals surface area contributed by atoms with E-state index in [1.165, 1.54) is 5.01 Å². The first-order valence-corrected chi connectivity index (χ1v) is 13.2. The standard InChI is InChI=1S/C32H32N2O6/c1-37-25-13-7-21(8-14-25)19-24-5-4-6-28-30(24)33-34(31(28)22-9-15-26(38-2)16-10-22)29(35)20-40-32(36)23-11-17-27(39-3)18-12-23/h7-19,28,31H,4-6,20H2,1-3H3. The smallest absolute Gasteiger partial charge is 0.338 e. The van der Waals surface area contributed by atoms with Gasteiger partial charge in [0.05, 0.1) is 38.6 Å². The molecule has 2 atom stereocenters. The molecule has 8 nitrogen and oxygen atoms in total. The highest BCUT2D eigenvalue weighted by atomic mass is 16.5. The van der Waals surface area contributed by atoms with Crippen LogP contribution in [0, 0.1) is 5.92 Å². The number of carbonyl (C=O) groups is 2. The van der Waals surface area contributed by atoms with Gasteiger partial charge in [0.1, 0.15) is 17.2 Å². The van der Waals surface area contributed by atoms with Gasteiger partial charge < -0.3 is 18.9 Å². The summed E-state index contributed by atoms with van der Waals surface area (Å²) in [5.74, 6) is 1.21. The van der Waals surface area contributed by atoms with Crippen LogP contribution in [-0.2, 0) is 9.53 Å². The lowest BCUT2D eigenvalue weighted by molar-refractivity contribution is -0.137. The fraction of sp³-hybridized carbons (Fsp3) is 0.281. The number of benzene rings is 3. The molecule has 1 heterocycles. The van der Waals surface area contributed by atoms with E-state index >= 15 is 0 Å². The molecule has 3 aromatic rings. The third kappa shape index (κ3) is 5.71. The average Bonchev–Trinajstić information content (AvgIpc) is 3.41. The van der Waals surface area contributed by atoms with Gasteiger partial charge in [-0.15, -0.1) is 0 Å². The Labute approximate surface area is 233 Å². The lowest BCUT2D eigenvalue weighted by Gasteiger charge is -2.29. The summed E-state index contributed by atoms with van der Waals surface area (Å²) in [6, 6.07) is 21.8. The van der Waals surface area contributed by atoms with Crippen molar-refractivity contribution in [3.8, 4) is 17.2 Å². The largest absolute Gasteiger partial charge is 0.497 e. The van der Waals surface area contributed by atoms with E-state index in [0.29, 0.717) is 11.3 Å². The van der Waals surface area contributed by atoms with Gasteiger partial charge in [0.15, 0.2) is 6.61 Å². The van der Waals surface area contributed by atoms with E-state index < -0.39 is 12.6 Å². The Hall–Kier alpha value is -4.59. The van der Waals surface area contributed by atoms with E-state index in [4.69, 9.17) is 24.0 Å². The number of amides is 1. The van der Waals surface area contributed by atoms with Crippen molar-refractivity contribution in [2.24, 2.45) is 11.0 Å². The number of methoxy groups -OCH3 is 3. The van der Waals surface area contributed by atoms with Gasteiger partial charge in [-0.1, -0.05) is 24.3 Å². The Bertz CT molecular complexity index is 1410. The molecule has 0 spiro atoms. The summed E-state index contributed by atoms with van der Waals surface area (Å²) in [6.45, 7) is -0.418. The monoisotopic (exact) mass is 540 g/mol. The first kappa shape index (κ1) is 27.0. The van der Waals surface area contributed by atoms with Crippen LogP contribution >= 0.6 is 0 Å². The maximum atomic E-state index is 13.5. The zero-order valence-corrected chi connectivity index (χ0v) is 22.8. The molecule has 1 aliphatic carbocycles. The zero-order chi connectivity index (χ0) is 28.1. The van der Waals surface area contributed by atoms with E-state index in [-0.39, 0.29) is 17.9 Å². The first-order chi connectivity index (χ1) is 19.5. The van der Waals surface area contributed by atoms with E-state index in [2.05, 4.69) is 6.08 Å². The van der Waals surface area contributed by atoms with Gasteiger partial charge in [-0.2, -0.15) is 5.10 Å². The molecule has 0 saturated heterocycles. The highest BCUT2D eigenvalue weighted by Gasteiger charge is 2.43. The van der Waals surface area contributed by atoms with Crippen LogP contribution in [0.15, 0.2) is 83.5 Å². The molecule has 1 fully saturated rings. The van der Waals surface area contributed by atoms with Crippen LogP contribution in [0.2, 0.25) is 0 Å². The highest BCUT2D eigenvalue weighted by molar-refractivity contribution is 6.08.